The molecule has 0 aromatic heterocycles. The van der Waals surface area contributed by atoms with Gasteiger partial charge < -0.3 is 42.1 Å². The second-order valence-corrected chi connectivity index (χ2v) is 7.76. The average molecular weight is 480 g/mol. The highest BCUT2D eigenvalue weighted by Gasteiger charge is 2.33. The minimum absolute atomic E-state index is 0.0713. The van der Waals surface area contributed by atoms with Crippen molar-refractivity contribution in [1.82, 2.24) is 16.0 Å². The first-order valence-electron chi connectivity index (χ1n) is 9.30. The van der Waals surface area contributed by atoms with E-state index in [1.165, 1.54) is 11.8 Å². The molecule has 9 N–H and O–H groups in total. The average Bonchev–Trinajstić information content (AvgIpc) is 2.66. The van der Waals surface area contributed by atoms with Gasteiger partial charge in [-0.1, -0.05) is 0 Å². The van der Waals surface area contributed by atoms with Gasteiger partial charge in [-0.15, -0.1) is 0 Å². The van der Waals surface area contributed by atoms with Gasteiger partial charge in [-0.3, -0.25) is 24.0 Å². The van der Waals surface area contributed by atoms with Crippen LogP contribution in [-0.4, -0.2) is 98.3 Å². The first kappa shape index (κ1) is 29.1. The maximum Gasteiger partial charge on any atom is 0.326 e. The number of nitrogens with two attached hydrogens (primary N) is 1. The number of hydrogen-bond donors (Lipinski definition) is 8. The Balaban J connectivity index is 5.41. The number of rotatable bonds is 15. The number of carbonyl (C=O) groups excluding carboxylic acids is 3. The van der Waals surface area contributed by atoms with E-state index in [4.69, 9.17) is 15.9 Å². The molecule has 5 atom stereocenters. The number of aliphatic hydroxyl groups is 1. The lowest BCUT2D eigenvalue weighted by atomic mass is 10.1. The predicted molar refractivity (Wildman–Crippen MR) is 111 cm³/mol. The Kier molecular flexibility index (Phi) is 12.9. The molecule has 0 rings (SSSR count). The fourth-order valence-electron chi connectivity index (χ4n) is 2.36. The highest BCUT2D eigenvalue weighted by molar-refractivity contribution is 7.98. The molecule has 0 fully saturated rings. The Hall–Kier alpha value is -2.91. The van der Waals surface area contributed by atoms with Crippen LogP contribution in [0.4, 0.5) is 0 Å². The van der Waals surface area contributed by atoms with Crippen LogP contribution in [0.15, 0.2) is 0 Å². The quantitative estimate of drug-likeness (QED) is 0.116. The van der Waals surface area contributed by atoms with Gasteiger partial charge in [0.15, 0.2) is 0 Å². The third kappa shape index (κ3) is 10.9. The topological polar surface area (TPSA) is 245 Å². The first-order valence-corrected chi connectivity index (χ1v) is 10.7. The summed E-state index contributed by atoms with van der Waals surface area (Å²) in [6.07, 6.45) is -1.42. The van der Waals surface area contributed by atoms with E-state index >= 15 is 0 Å². The number of carbonyl (C=O) groups is 6. The van der Waals surface area contributed by atoms with Crippen molar-refractivity contribution in [2.45, 2.75) is 56.5 Å². The predicted octanol–water partition coefficient (Wildman–Crippen LogP) is -3.06. The van der Waals surface area contributed by atoms with E-state index in [0.717, 1.165) is 6.92 Å². The number of amides is 3. The normalized spacial score (nSPS) is 15.4. The highest BCUT2D eigenvalue weighted by Crippen LogP contribution is 2.04. The molecule has 3 amide bonds. The zero-order valence-electron chi connectivity index (χ0n) is 17.4. The second-order valence-electron chi connectivity index (χ2n) is 6.77. The fourth-order valence-corrected chi connectivity index (χ4v) is 2.83. The Labute approximate surface area is 187 Å². The third-order valence-electron chi connectivity index (χ3n) is 4.03. The molecule has 0 aliphatic rings. The lowest BCUT2D eigenvalue weighted by molar-refractivity contribution is -0.144. The van der Waals surface area contributed by atoms with E-state index in [1.54, 1.807) is 6.26 Å². The van der Waals surface area contributed by atoms with Crippen LogP contribution in [0, 0.1) is 0 Å². The van der Waals surface area contributed by atoms with Crippen molar-refractivity contribution in [3.63, 3.8) is 0 Å². The van der Waals surface area contributed by atoms with E-state index in [0.29, 0.717) is 5.75 Å². The summed E-state index contributed by atoms with van der Waals surface area (Å²) < 4.78 is 0. The van der Waals surface area contributed by atoms with Gasteiger partial charge in [0.05, 0.1) is 25.0 Å². The van der Waals surface area contributed by atoms with E-state index in [9.17, 15) is 39.0 Å². The Bertz CT molecular complexity index is 717. The minimum Gasteiger partial charge on any atom is -0.481 e. The third-order valence-corrected chi connectivity index (χ3v) is 4.67. The maximum absolute atomic E-state index is 12.5. The molecule has 0 saturated carbocycles. The molecule has 0 aliphatic heterocycles. The smallest absolute Gasteiger partial charge is 0.326 e. The molecule has 0 saturated heterocycles. The number of nitrogens with one attached hydrogen (secondary N) is 3. The van der Waals surface area contributed by atoms with Crippen LogP contribution in [-0.2, 0) is 28.8 Å². The Morgan fingerprint density at radius 3 is 1.81 bits per heavy atom. The molecule has 0 heterocycles. The summed E-state index contributed by atoms with van der Waals surface area (Å²) in [6, 6.07) is -6.28. The van der Waals surface area contributed by atoms with E-state index in [-0.39, 0.29) is 6.42 Å². The number of carboxylic acids is 3. The van der Waals surface area contributed by atoms with Gasteiger partial charge >= 0.3 is 17.9 Å². The van der Waals surface area contributed by atoms with Crippen molar-refractivity contribution in [2.24, 2.45) is 5.73 Å². The van der Waals surface area contributed by atoms with E-state index < -0.39 is 78.7 Å². The van der Waals surface area contributed by atoms with Gasteiger partial charge in [0, 0.05) is 0 Å². The molecule has 182 valence electrons. The van der Waals surface area contributed by atoms with E-state index in [1.807, 2.05) is 5.32 Å². The van der Waals surface area contributed by atoms with Crippen molar-refractivity contribution in [1.29, 1.82) is 0 Å². The SMILES string of the molecule is CSCCC(NC(=O)C(NC(=O)C(CC(=O)O)NC(=O)C(N)CC(=O)O)C(C)O)C(=O)O. The number of thioether (sulfide) groups is 1. The van der Waals surface area contributed by atoms with Crippen LogP contribution in [0.5, 0.6) is 0 Å². The van der Waals surface area contributed by atoms with Crippen molar-refractivity contribution in [2.75, 3.05) is 12.0 Å². The molecule has 32 heavy (non-hydrogen) atoms. The van der Waals surface area contributed by atoms with Gasteiger partial charge in [0.2, 0.25) is 17.7 Å². The first-order chi connectivity index (χ1) is 14.8. The number of hydrogen-bond acceptors (Lipinski definition) is 9. The summed E-state index contributed by atoms with van der Waals surface area (Å²) in [5, 5.41) is 43.0. The van der Waals surface area contributed by atoms with Gasteiger partial charge in [-0.05, 0) is 25.4 Å². The maximum atomic E-state index is 12.5. The number of aliphatic hydroxyl groups excluding tert-OH is 1. The van der Waals surface area contributed by atoms with Crippen molar-refractivity contribution < 1.29 is 49.2 Å². The molecule has 14 nitrogen and oxygen atoms in total. The fraction of sp³-hybridized carbons (Fsp3) is 0.647. The lowest BCUT2D eigenvalue weighted by Crippen LogP contribution is -2.60. The summed E-state index contributed by atoms with van der Waals surface area (Å²) in [5.41, 5.74) is 5.38. The molecule has 0 aliphatic carbocycles. The van der Waals surface area contributed by atoms with Crippen LogP contribution in [0.3, 0.4) is 0 Å². The molecule has 0 aromatic carbocycles. The van der Waals surface area contributed by atoms with Crippen LogP contribution >= 0.6 is 11.8 Å². The molecular weight excluding hydrogens is 452 g/mol. The summed E-state index contributed by atoms with van der Waals surface area (Å²) in [6.45, 7) is 1.13. The largest absolute Gasteiger partial charge is 0.481 e. The van der Waals surface area contributed by atoms with Crippen molar-refractivity contribution in [3.05, 3.63) is 0 Å². The zero-order valence-corrected chi connectivity index (χ0v) is 18.3. The van der Waals surface area contributed by atoms with Crippen LogP contribution < -0.4 is 21.7 Å². The van der Waals surface area contributed by atoms with Gasteiger partial charge in [-0.25, -0.2) is 4.79 Å². The summed E-state index contributed by atoms with van der Waals surface area (Å²) in [7, 11) is 0. The highest BCUT2D eigenvalue weighted by atomic mass is 32.2. The Morgan fingerprint density at radius 1 is 0.844 bits per heavy atom. The van der Waals surface area contributed by atoms with Crippen LogP contribution in [0.2, 0.25) is 0 Å². The summed E-state index contributed by atoms with van der Waals surface area (Å²) >= 11 is 1.34. The molecule has 0 spiro atoms. The Morgan fingerprint density at radius 2 is 1.38 bits per heavy atom. The summed E-state index contributed by atoms with van der Waals surface area (Å²) in [4.78, 5) is 70.0. The monoisotopic (exact) mass is 480 g/mol. The van der Waals surface area contributed by atoms with E-state index in [2.05, 4.69) is 10.6 Å². The zero-order chi connectivity index (χ0) is 25.0. The van der Waals surface area contributed by atoms with Crippen molar-refractivity contribution >= 4 is 47.4 Å². The van der Waals surface area contributed by atoms with Crippen molar-refractivity contribution in [3.8, 4) is 0 Å². The van der Waals surface area contributed by atoms with Gasteiger partial charge in [0.25, 0.3) is 0 Å². The number of aliphatic carboxylic acids is 3. The van der Waals surface area contributed by atoms with Crippen LogP contribution in [0.25, 0.3) is 0 Å². The second kappa shape index (κ2) is 14.2. The van der Waals surface area contributed by atoms with Gasteiger partial charge in [0.1, 0.15) is 18.1 Å². The molecule has 0 radical (unpaired) electrons. The molecule has 0 bridgehead atoms. The molecule has 15 heteroatoms. The van der Waals surface area contributed by atoms with Gasteiger partial charge in [-0.2, -0.15) is 11.8 Å². The van der Waals surface area contributed by atoms with Crippen LogP contribution in [0.1, 0.15) is 26.2 Å². The summed E-state index contributed by atoms with van der Waals surface area (Å²) in [5.74, 6) is -7.15. The standard InChI is InChI=1S/C17H28N4O10S/c1-7(22)13(16(29)19-9(17(30)31)3-4-32-2)21-15(28)10(6-12(25)26)20-14(27)8(18)5-11(23)24/h7-10,13,22H,3-6,18H2,1-2H3,(H,19,29)(H,20,27)(H,21,28)(H,23,24)(H,25,26)(H,30,31). The molecular formula is C17H28N4O10S. The number of carboxylic acid groups (broad SMARTS) is 3. The minimum atomic E-state index is -1.75. The molecule has 0 aromatic rings. The molecule has 5 unspecified atom stereocenters. The lowest BCUT2D eigenvalue weighted by Gasteiger charge is -2.26.